The number of hydrogen-bond donors (Lipinski definition) is 2. The van der Waals surface area contributed by atoms with Crippen LogP contribution in [0, 0.1) is 11.7 Å². The molecule has 0 unspecified atom stereocenters. The zero-order valence-electron chi connectivity index (χ0n) is 21.2. The predicted octanol–water partition coefficient (Wildman–Crippen LogP) is 4.75. The van der Waals surface area contributed by atoms with E-state index in [1.165, 1.54) is 12.3 Å². The molecule has 1 atom stereocenters. The van der Waals surface area contributed by atoms with Crippen LogP contribution in [0.4, 0.5) is 4.39 Å². The highest BCUT2D eigenvalue weighted by atomic mass is 35.5. The predicted molar refractivity (Wildman–Crippen MR) is 141 cm³/mol. The van der Waals surface area contributed by atoms with E-state index in [0.717, 1.165) is 25.9 Å². The van der Waals surface area contributed by atoms with Crippen molar-refractivity contribution in [3.63, 3.8) is 0 Å². The van der Waals surface area contributed by atoms with Gasteiger partial charge in [0.1, 0.15) is 23.2 Å². The Hall–Kier alpha value is -2.94. The van der Waals surface area contributed by atoms with Gasteiger partial charge in [-0.3, -0.25) is 4.79 Å². The number of halogens is 2. The van der Waals surface area contributed by atoms with Crippen molar-refractivity contribution in [2.45, 2.75) is 45.3 Å². The summed E-state index contributed by atoms with van der Waals surface area (Å²) in [7, 11) is 2.05. The Labute approximate surface area is 220 Å². The van der Waals surface area contributed by atoms with Crippen LogP contribution in [0.2, 0.25) is 5.02 Å². The lowest BCUT2D eigenvalue weighted by Crippen LogP contribution is -2.35. The van der Waals surface area contributed by atoms with E-state index in [1.54, 1.807) is 28.8 Å². The molecule has 2 N–H and O–H groups in total. The molecule has 0 bridgehead atoms. The molecule has 37 heavy (non-hydrogen) atoms. The fraction of sp³-hybridized carbons (Fsp3) is 0.429. The van der Waals surface area contributed by atoms with Crippen molar-refractivity contribution in [3.8, 4) is 5.75 Å². The fourth-order valence-corrected chi connectivity index (χ4v) is 5.08. The Bertz CT molecular complexity index is 1360. The van der Waals surface area contributed by atoms with E-state index in [2.05, 4.69) is 11.9 Å². The Kier molecular flexibility index (Phi) is 8.21. The highest BCUT2D eigenvalue weighted by molar-refractivity contribution is 6.30. The summed E-state index contributed by atoms with van der Waals surface area (Å²) in [5.74, 6) is -1.45. The number of aliphatic hydroxyl groups is 1. The summed E-state index contributed by atoms with van der Waals surface area (Å²) < 4.78 is 22.9. The van der Waals surface area contributed by atoms with E-state index < -0.39 is 28.8 Å². The third-order valence-corrected chi connectivity index (χ3v) is 7.42. The van der Waals surface area contributed by atoms with Gasteiger partial charge in [0.25, 0.3) is 0 Å². The first-order valence-corrected chi connectivity index (χ1v) is 12.8. The highest BCUT2D eigenvalue weighted by Crippen LogP contribution is 2.33. The van der Waals surface area contributed by atoms with Gasteiger partial charge in [-0.1, -0.05) is 37.6 Å². The largest absolute Gasteiger partial charge is 0.490 e. The van der Waals surface area contributed by atoms with E-state index in [1.807, 2.05) is 13.8 Å². The molecule has 198 valence electrons. The number of aliphatic hydroxyl groups excluding tert-OH is 1. The molecule has 0 saturated carbocycles. The number of benzene rings is 2. The molecular formula is C28H32ClFN2O5. The molecule has 9 heteroatoms. The minimum atomic E-state index is -1.35. The van der Waals surface area contributed by atoms with Gasteiger partial charge in [-0.15, -0.1) is 0 Å². The first-order chi connectivity index (χ1) is 17.6. The van der Waals surface area contributed by atoms with Gasteiger partial charge in [-0.2, -0.15) is 0 Å². The van der Waals surface area contributed by atoms with Crippen molar-refractivity contribution in [2.24, 2.45) is 5.92 Å². The van der Waals surface area contributed by atoms with Crippen LogP contribution in [0.15, 0.2) is 41.3 Å². The number of aromatic nitrogens is 1. The lowest BCUT2D eigenvalue weighted by molar-refractivity contribution is 0.0694. The number of aromatic carboxylic acids is 1. The number of pyridine rings is 1. The zero-order chi connectivity index (χ0) is 26.9. The Morgan fingerprint density at radius 2 is 1.92 bits per heavy atom. The highest BCUT2D eigenvalue weighted by Gasteiger charge is 2.25. The molecule has 1 aliphatic heterocycles. The van der Waals surface area contributed by atoms with Crippen molar-refractivity contribution in [1.29, 1.82) is 0 Å². The Morgan fingerprint density at radius 3 is 2.54 bits per heavy atom. The molecule has 4 rings (SSSR count). The van der Waals surface area contributed by atoms with Gasteiger partial charge in [-0.25, -0.2) is 9.18 Å². The summed E-state index contributed by atoms with van der Waals surface area (Å²) in [5.41, 5.74) is 0.323. The van der Waals surface area contributed by atoms with E-state index in [-0.39, 0.29) is 35.5 Å². The molecule has 2 aromatic carbocycles. The number of rotatable bonds is 8. The lowest BCUT2D eigenvalue weighted by Gasteiger charge is -2.30. The second-order valence-corrected chi connectivity index (χ2v) is 10.5. The van der Waals surface area contributed by atoms with Crippen LogP contribution in [0.3, 0.4) is 0 Å². The maximum atomic E-state index is 14.8. The average molecular weight is 531 g/mol. The molecular weight excluding hydrogens is 499 g/mol. The van der Waals surface area contributed by atoms with Crippen LogP contribution < -0.4 is 10.2 Å². The quantitative estimate of drug-likeness (QED) is 0.437. The van der Waals surface area contributed by atoms with Gasteiger partial charge >= 0.3 is 5.97 Å². The molecule has 1 aromatic heterocycles. The fourth-order valence-electron chi connectivity index (χ4n) is 4.89. The number of carboxylic acids is 1. The number of likely N-dealkylation sites (tertiary alicyclic amines) is 1. The molecule has 1 fully saturated rings. The molecule has 7 nitrogen and oxygen atoms in total. The topological polar surface area (TPSA) is 92.0 Å². The second kappa shape index (κ2) is 11.2. The van der Waals surface area contributed by atoms with E-state index in [9.17, 15) is 24.2 Å². The number of carbonyl (C=O) groups is 1. The van der Waals surface area contributed by atoms with E-state index >= 15 is 0 Å². The normalized spacial score (nSPS) is 15.9. The van der Waals surface area contributed by atoms with Crippen LogP contribution >= 0.6 is 11.6 Å². The third-order valence-electron chi connectivity index (χ3n) is 7.13. The first-order valence-electron chi connectivity index (χ1n) is 12.4. The minimum Gasteiger partial charge on any atom is -0.490 e. The molecule has 0 aliphatic carbocycles. The van der Waals surface area contributed by atoms with Gasteiger partial charge in [-0.05, 0) is 49.1 Å². The number of ether oxygens (including phenoxy) is 1. The van der Waals surface area contributed by atoms with Crippen molar-refractivity contribution in [3.05, 3.63) is 74.3 Å². The van der Waals surface area contributed by atoms with Gasteiger partial charge < -0.3 is 24.4 Å². The molecule has 0 radical (unpaired) electrons. The number of hydrogen-bond acceptors (Lipinski definition) is 5. The van der Waals surface area contributed by atoms with Crippen molar-refractivity contribution >= 4 is 28.5 Å². The van der Waals surface area contributed by atoms with Crippen molar-refractivity contribution in [2.75, 3.05) is 26.7 Å². The number of nitrogens with zero attached hydrogens (tertiary/aromatic N) is 2. The van der Waals surface area contributed by atoms with Gasteiger partial charge in [0.15, 0.2) is 0 Å². The Balaban J connectivity index is 1.94. The van der Waals surface area contributed by atoms with E-state index in [4.69, 9.17) is 16.3 Å². The molecule has 0 amide bonds. The second-order valence-electron chi connectivity index (χ2n) is 10.1. The first kappa shape index (κ1) is 27.1. The zero-order valence-corrected chi connectivity index (χ0v) is 22.0. The maximum absolute atomic E-state index is 14.8. The summed E-state index contributed by atoms with van der Waals surface area (Å²) in [6.07, 6.45) is 2.97. The minimum absolute atomic E-state index is 0.00526. The van der Waals surface area contributed by atoms with Crippen LogP contribution in [-0.2, 0) is 6.42 Å². The molecule has 1 aliphatic rings. The van der Waals surface area contributed by atoms with Gasteiger partial charge in [0.2, 0.25) is 5.43 Å². The summed E-state index contributed by atoms with van der Waals surface area (Å²) in [6, 6.07) is 7.60. The monoisotopic (exact) mass is 530 g/mol. The number of fused-ring (bicyclic) bond motifs is 1. The van der Waals surface area contributed by atoms with Crippen LogP contribution in [0.1, 0.15) is 54.2 Å². The lowest BCUT2D eigenvalue weighted by atomic mass is 9.98. The smallest absolute Gasteiger partial charge is 0.341 e. The molecule has 1 saturated heterocycles. The average Bonchev–Trinajstić information content (AvgIpc) is 2.85. The standard InChI is InChI=1S/C28H32ClFN2O5/c1-16(2)24(15-33)32-14-21(28(35)36)27(34)20-12-18(11-17-5-4-6-22(29)26(17)30)25(13-23(20)32)37-19-7-9-31(3)10-8-19/h4-6,12-14,16,19,24,33H,7-11,15H2,1-3H3,(H,35,36)/t24-/m1/s1. The van der Waals surface area contributed by atoms with Gasteiger partial charge in [0, 0.05) is 37.2 Å². The molecule has 0 spiro atoms. The van der Waals surface area contributed by atoms with Crippen LogP contribution in [0.5, 0.6) is 5.75 Å². The maximum Gasteiger partial charge on any atom is 0.341 e. The van der Waals surface area contributed by atoms with Crippen LogP contribution in [-0.4, -0.2) is 58.5 Å². The summed E-state index contributed by atoms with van der Waals surface area (Å²) in [5, 5.41) is 20.0. The van der Waals surface area contributed by atoms with Crippen molar-refractivity contribution < 1.29 is 24.1 Å². The SMILES string of the molecule is CC(C)[C@@H](CO)n1cc(C(=O)O)c(=O)c2cc(Cc3cccc(Cl)c3F)c(OC3CCN(C)CC3)cc21. The van der Waals surface area contributed by atoms with Crippen LogP contribution in [0.25, 0.3) is 10.9 Å². The number of piperidine rings is 1. The summed E-state index contributed by atoms with van der Waals surface area (Å²) in [6.45, 7) is 5.34. The van der Waals surface area contributed by atoms with Crippen molar-refractivity contribution in [1.82, 2.24) is 9.47 Å². The summed E-state index contributed by atoms with van der Waals surface area (Å²) >= 11 is 6.01. The molecule has 2 heterocycles. The summed E-state index contributed by atoms with van der Waals surface area (Å²) in [4.78, 5) is 27.4. The number of carboxylic acid groups (broad SMARTS) is 1. The molecule has 3 aromatic rings. The Morgan fingerprint density at radius 1 is 1.22 bits per heavy atom. The van der Waals surface area contributed by atoms with Gasteiger partial charge in [0.05, 0.1) is 23.2 Å². The third kappa shape index (κ3) is 5.66. The van der Waals surface area contributed by atoms with E-state index in [0.29, 0.717) is 22.4 Å².